The highest BCUT2D eigenvalue weighted by atomic mass is 32.2. The summed E-state index contributed by atoms with van der Waals surface area (Å²) in [6, 6.07) is 9.42. The Morgan fingerprint density at radius 2 is 1.50 bits per heavy atom. The van der Waals surface area contributed by atoms with E-state index in [1.54, 1.807) is 23.9 Å². The Labute approximate surface area is 193 Å². The van der Waals surface area contributed by atoms with Crippen molar-refractivity contribution in [1.29, 1.82) is 0 Å². The van der Waals surface area contributed by atoms with E-state index in [9.17, 15) is 9.59 Å². The summed E-state index contributed by atoms with van der Waals surface area (Å²) in [5, 5.41) is 0.761. The quantitative estimate of drug-likeness (QED) is 0.402. The highest BCUT2D eigenvalue weighted by molar-refractivity contribution is 7.98. The zero-order valence-corrected chi connectivity index (χ0v) is 19.5. The van der Waals surface area contributed by atoms with Gasteiger partial charge in [0, 0.05) is 22.7 Å². The molecule has 2 N–H and O–H groups in total. The summed E-state index contributed by atoms with van der Waals surface area (Å²) < 4.78 is 0. The summed E-state index contributed by atoms with van der Waals surface area (Å²) in [4.78, 5) is 34.5. The molecule has 6 nitrogen and oxygen atoms in total. The number of nitrogens with zero attached hydrogens (tertiary/aromatic N) is 2. The van der Waals surface area contributed by atoms with Crippen molar-refractivity contribution in [1.82, 2.24) is 20.8 Å². The van der Waals surface area contributed by atoms with Crippen LogP contribution in [0.15, 0.2) is 35.5 Å². The number of benzene rings is 1. The van der Waals surface area contributed by atoms with E-state index in [4.69, 9.17) is 0 Å². The molecule has 1 aromatic heterocycles. The van der Waals surface area contributed by atoms with Crippen LogP contribution in [-0.4, -0.2) is 21.8 Å². The first-order valence-corrected chi connectivity index (χ1v) is 12.5. The molecule has 1 heterocycles. The van der Waals surface area contributed by atoms with Crippen LogP contribution in [0.25, 0.3) is 0 Å². The van der Waals surface area contributed by atoms with Gasteiger partial charge in [0.25, 0.3) is 5.91 Å². The fourth-order valence-electron chi connectivity index (χ4n) is 6.37. The zero-order valence-electron chi connectivity index (χ0n) is 18.7. The van der Waals surface area contributed by atoms with Crippen molar-refractivity contribution in [3.63, 3.8) is 0 Å². The summed E-state index contributed by atoms with van der Waals surface area (Å²) in [7, 11) is 0. The molecule has 4 bridgehead atoms. The van der Waals surface area contributed by atoms with Gasteiger partial charge in [0.05, 0.1) is 5.41 Å². The van der Waals surface area contributed by atoms with Gasteiger partial charge in [0.2, 0.25) is 5.91 Å². The Kier molecular flexibility index (Phi) is 5.70. The molecule has 4 saturated carbocycles. The standard InChI is InChI=1S/C25H30N4O2S/c1-15-7-16(2)27-24(26-15)32-14-17-3-5-21(6-4-17)22(30)28-29-23(31)25-11-18-8-19(12-25)10-20(9-18)13-25/h3-7,18-20H,8-14H2,1-2H3,(H,28,30)(H,29,31). The average molecular weight is 451 g/mol. The minimum atomic E-state index is -0.278. The summed E-state index contributed by atoms with van der Waals surface area (Å²) in [6.45, 7) is 3.93. The zero-order chi connectivity index (χ0) is 22.3. The molecule has 4 aliphatic rings. The van der Waals surface area contributed by atoms with E-state index in [1.807, 2.05) is 32.0 Å². The average Bonchev–Trinajstić information content (AvgIpc) is 2.74. The molecule has 0 unspecified atom stereocenters. The minimum absolute atomic E-state index is 0.00594. The van der Waals surface area contributed by atoms with Crippen molar-refractivity contribution in [2.75, 3.05) is 0 Å². The summed E-state index contributed by atoms with van der Waals surface area (Å²) in [6.07, 6.45) is 6.82. The maximum absolute atomic E-state index is 13.0. The lowest BCUT2D eigenvalue weighted by molar-refractivity contribution is -0.147. The van der Waals surface area contributed by atoms with Crippen LogP contribution in [0.2, 0.25) is 0 Å². The number of hydrogen-bond donors (Lipinski definition) is 2. The van der Waals surface area contributed by atoms with E-state index in [0.29, 0.717) is 23.3 Å². The number of carbonyl (C=O) groups excluding carboxylic acids is 2. The maximum Gasteiger partial charge on any atom is 0.269 e. The molecule has 7 heteroatoms. The molecule has 2 amide bonds. The number of hydrogen-bond acceptors (Lipinski definition) is 5. The van der Waals surface area contributed by atoms with Crippen molar-refractivity contribution in [2.45, 2.75) is 63.3 Å². The van der Waals surface area contributed by atoms with Crippen molar-refractivity contribution >= 4 is 23.6 Å². The van der Waals surface area contributed by atoms with E-state index in [2.05, 4.69) is 20.8 Å². The van der Waals surface area contributed by atoms with E-state index in [-0.39, 0.29) is 17.2 Å². The molecule has 168 valence electrons. The van der Waals surface area contributed by atoms with Gasteiger partial charge in [-0.1, -0.05) is 23.9 Å². The van der Waals surface area contributed by atoms with E-state index < -0.39 is 0 Å². The molecule has 0 spiro atoms. The van der Waals surface area contributed by atoms with Gasteiger partial charge >= 0.3 is 0 Å². The number of hydrazine groups is 1. The lowest BCUT2D eigenvalue weighted by Crippen LogP contribution is -2.56. The minimum Gasteiger partial charge on any atom is -0.273 e. The van der Waals surface area contributed by atoms with Gasteiger partial charge in [-0.2, -0.15) is 0 Å². The second-order valence-electron chi connectivity index (χ2n) is 10.0. The number of rotatable bonds is 5. The van der Waals surface area contributed by atoms with E-state index in [1.165, 1.54) is 19.3 Å². The summed E-state index contributed by atoms with van der Waals surface area (Å²) in [5.41, 5.74) is 8.68. The predicted octanol–water partition coefficient (Wildman–Crippen LogP) is 4.36. The topological polar surface area (TPSA) is 84.0 Å². The second-order valence-corrected chi connectivity index (χ2v) is 11.0. The Morgan fingerprint density at radius 3 is 2.06 bits per heavy atom. The van der Waals surface area contributed by atoms with Gasteiger partial charge in [-0.3, -0.25) is 20.4 Å². The Balaban J connectivity index is 1.14. The molecular formula is C25H30N4O2S. The van der Waals surface area contributed by atoms with Crippen LogP contribution in [-0.2, 0) is 10.5 Å². The highest BCUT2D eigenvalue weighted by Crippen LogP contribution is 2.60. The first-order chi connectivity index (χ1) is 15.4. The van der Waals surface area contributed by atoms with Crippen molar-refractivity contribution in [3.05, 3.63) is 52.8 Å². The summed E-state index contributed by atoms with van der Waals surface area (Å²) in [5.74, 6) is 2.55. The maximum atomic E-state index is 13.0. The van der Waals surface area contributed by atoms with Crippen molar-refractivity contribution in [3.8, 4) is 0 Å². The number of aryl methyl sites for hydroxylation is 2. The van der Waals surface area contributed by atoms with Crippen LogP contribution < -0.4 is 10.9 Å². The lowest BCUT2D eigenvalue weighted by atomic mass is 9.49. The third-order valence-corrected chi connectivity index (χ3v) is 8.27. The van der Waals surface area contributed by atoms with Crippen LogP contribution in [0.3, 0.4) is 0 Å². The van der Waals surface area contributed by atoms with Gasteiger partial charge in [0.15, 0.2) is 5.16 Å². The van der Waals surface area contributed by atoms with Gasteiger partial charge < -0.3 is 0 Å². The molecule has 4 fully saturated rings. The molecule has 4 aliphatic carbocycles. The molecule has 0 aliphatic heterocycles. The smallest absolute Gasteiger partial charge is 0.269 e. The Bertz CT molecular complexity index is 981. The third-order valence-electron chi connectivity index (χ3n) is 7.36. The molecule has 6 rings (SSSR count). The lowest BCUT2D eigenvalue weighted by Gasteiger charge is -2.55. The molecule has 0 radical (unpaired) electrons. The normalized spacial score (nSPS) is 27.9. The first-order valence-electron chi connectivity index (χ1n) is 11.5. The van der Waals surface area contributed by atoms with Crippen molar-refractivity contribution < 1.29 is 9.59 Å². The number of amides is 2. The first kappa shape index (κ1) is 21.4. The number of aromatic nitrogens is 2. The molecule has 2 aromatic rings. The molecule has 32 heavy (non-hydrogen) atoms. The predicted molar refractivity (Wildman–Crippen MR) is 124 cm³/mol. The molecular weight excluding hydrogens is 420 g/mol. The Hall–Kier alpha value is -2.41. The highest BCUT2D eigenvalue weighted by Gasteiger charge is 2.54. The largest absolute Gasteiger partial charge is 0.273 e. The molecule has 1 aromatic carbocycles. The molecule has 0 atom stereocenters. The van der Waals surface area contributed by atoms with Crippen LogP contribution in [0.5, 0.6) is 0 Å². The van der Waals surface area contributed by atoms with Crippen molar-refractivity contribution in [2.24, 2.45) is 23.2 Å². The van der Waals surface area contributed by atoms with Crippen LogP contribution in [0, 0.1) is 37.0 Å². The van der Waals surface area contributed by atoms with Gasteiger partial charge in [-0.05, 0) is 93.9 Å². The fourth-order valence-corrected chi connectivity index (χ4v) is 7.27. The monoisotopic (exact) mass is 450 g/mol. The second kappa shape index (κ2) is 8.50. The van der Waals surface area contributed by atoms with Crippen LogP contribution in [0.1, 0.15) is 65.8 Å². The number of thioether (sulfide) groups is 1. The molecule has 0 saturated heterocycles. The van der Waals surface area contributed by atoms with E-state index in [0.717, 1.165) is 47.1 Å². The summed E-state index contributed by atoms with van der Waals surface area (Å²) >= 11 is 1.58. The SMILES string of the molecule is Cc1cc(C)nc(SCc2ccc(C(=O)NNC(=O)C34CC5CC(CC(C5)C3)C4)cc2)n1. The van der Waals surface area contributed by atoms with Gasteiger partial charge in [0.1, 0.15) is 0 Å². The van der Waals surface area contributed by atoms with Gasteiger partial charge in [-0.15, -0.1) is 0 Å². The van der Waals surface area contributed by atoms with Crippen LogP contribution >= 0.6 is 11.8 Å². The number of nitrogens with one attached hydrogen (secondary N) is 2. The number of carbonyl (C=O) groups is 2. The van der Waals surface area contributed by atoms with E-state index >= 15 is 0 Å². The third kappa shape index (κ3) is 4.40. The Morgan fingerprint density at radius 1 is 0.938 bits per heavy atom. The fraction of sp³-hybridized carbons (Fsp3) is 0.520. The van der Waals surface area contributed by atoms with Gasteiger partial charge in [-0.25, -0.2) is 9.97 Å². The van der Waals surface area contributed by atoms with Crippen LogP contribution in [0.4, 0.5) is 0 Å².